The first-order valence-electron chi connectivity index (χ1n) is 7.14. The van der Waals surface area contributed by atoms with Gasteiger partial charge in [0.1, 0.15) is 0 Å². The second kappa shape index (κ2) is 7.52. The molecule has 0 fully saturated rings. The fraction of sp³-hybridized carbons (Fsp3) is 0.294. The third-order valence-corrected chi connectivity index (χ3v) is 6.21. The minimum atomic E-state index is -2.89. The van der Waals surface area contributed by atoms with Crippen molar-refractivity contribution in [1.29, 1.82) is 0 Å². The molecule has 2 rings (SSSR count). The van der Waals surface area contributed by atoms with Gasteiger partial charge in [-0.15, -0.1) is 0 Å². The summed E-state index contributed by atoms with van der Waals surface area (Å²) >= 11 is 0. The third kappa shape index (κ3) is 3.60. The van der Waals surface area contributed by atoms with Crippen LogP contribution in [0.5, 0.6) is 0 Å². The first-order chi connectivity index (χ1) is 10.3. The van der Waals surface area contributed by atoms with Crippen molar-refractivity contribution < 1.29 is 13.3 Å². The summed E-state index contributed by atoms with van der Waals surface area (Å²) in [5.74, 6) is 0. The summed E-state index contributed by atoms with van der Waals surface area (Å²) in [6.45, 7) is 2.10. The summed E-state index contributed by atoms with van der Waals surface area (Å²) in [5.41, 5.74) is 1.14. The van der Waals surface area contributed by atoms with E-state index in [4.69, 9.17) is 13.3 Å². The molecule has 1 atom stereocenters. The fourth-order valence-corrected chi connectivity index (χ4v) is 4.61. The Hall–Kier alpha value is -1.46. The van der Waals surface area contributed by atoms with Crippen molar-refractivity contribution >= 4 is 14.0 Å². The zero-order valence-corrected chi connectivity index (χ0v) is 13.8. The highest BCUT2D eigenvalue weighted by atomic mass is 28.4. The van der Waals surface area contributed by atoms with E-state index >= 15 is 0 Å². The number of hydrogen-bond acceptors (Lipinski definition) is 3. The van der Waals surface area contributed by atoms with E-state index in [1.807, 2.05) is 48.5 Å². The highest BCUT2D eigenvalue weighted by Gasteiger charge is 2.44. The number of benzene rings is 2. The van der Waals surface area contributed by atoms with E-state index in [1.54, 1.807) is 14.2 Å². The summed E-state index contributed by atoms with van der Waals surface area (Å²) in [6, 6.07) is 20.1. The van der Waals surface area contributed by atoms with Gasteiger partial charge in [-0.1, -0.05) is 67.6 Å². The first kappa shape index (κ1) is 15.9. The lowest BCUT2D eigenvalue weighted by Gasteiger charge is -2.31. The molecule has 0 aliphatic carbocycles. The minimum absolute atomic E-state index is 0.0435. The molecular weight excluding hydrogens is 280 g/mol. The zero-order chi connectivity index (χ0) is 15.1. The van der Waals surface area contributed by atoms with E-state index in [9.17, 15) is 0 Å². The largest absolute Gasteiger partial charge is 0.537 e. The van der Waals surface area contributed by atoms with E-state index in [0.29, 0.717) is 0 Å². The van der Waals surface area contributed by atoms with Crippen molar-refractivity contribution in [1.82, 2.24) is 0 Å². The Kier molecular flexibility index (Phi) is 5.70. The standard InChI is InChI=1S/C17H22O3Si/c1-4-17(15-11-7-5-8-12-15)20-21(18-2,19-3)16-13-9-6-10-14-16/h5-14,17H,4H2,1-3H3. The van der Waals surface area contributed by atoms with Gasteiger partial charge < -0.3 is 13.3 Å². The van der Waals surface area contributed by atoms with Gasteiger partial charge in [-0.3, -0.25) is 0 Å². The average Bonchev–Trinajstić information content (AvgIpc) is 2.58. The van der Waals surface area contributed by atoms with Crippen LogP contribution in [0.3, 0.4) is 0 Å². The van der Waals surface area contributed by atoms with Gasteiger partial charge in [0.2, 0.25) is 0 Å². The Morgan fingerprint density at radius 1 is 0.857 bits per heavy atom. The quantitative estimate of drug-likeness (QED) is 0.735. The summed E-state index contributed by atoms with van der Waals surface area (Å²) in [7, 11) is 0.420. The van der Waals surface area contributed by atoms with Gasteiger partial charge in [0.05, 0.1) is 6.10 Å². The van der Waals surface area contributed by atoms with E-state index in [0.717, 1.165) is 17.2 Å². The molecule has 2 aromatic rings. The molecule has 2 aromatic carbocycles. The van der Waals surface area contributed by atoms with E-state index in [1.165, 1.54) is 0 Å². The molecule has 0 bridgehead atoms. The van der Waals surface area contributed by atoms with Crippen LogP contribution >= 0.6 is 0 Å². The van der Waals surface area contributed by atoms with Gasteiger partial charge in [-0.25, -0.2) is 0 Å². The van der Waals surface area contributed by atoms with Crippen molar-refractivity contribution in [2.45, 2.75) is 19.4 Å². The van der Waals surface area contributed by atoms with Gasteiger partial charge in [0, 0.05) is 19.4 Å². The van der Waals surface area contributed by atoms with Crippen molar-refractivity contribution in [2.24, 2.45) is 0 Å². The predicted octanol–water partition coefficient (Wildman–Crippen LogP) is 3.29. The van der Waals surface area contributed by atoms with Crippen LogP contribution in [0.1, 0.15) is 25.0 Å². The maximum Gasteiger partial charge on any atom is 0.537 e. The minimum Gasteiger partial charge on any atom is -0.373 e. The van der Waals surface area contributed by atoms with Gasteiger partial charge in [-0.2, -0.15) is 0 Å². The first-order valence-corrected chi connectivity index (χ1v) is 8.86. The maximum atomic E-state index is 6.35. The summed E-state index contributed by atoms with van der Waals surface area (Å²) in [5, 5.41) is 0.976. The molecule has 1 unspecified atom stereocenters. The molecule has 0 saturated heterocycles. The Bertz CT molecular complexity index is 526. The van der Waals surface area contributed by atoms with Gasteiger partial charge >= 0.3 is 8.80 Å². The molecule has 0 aliphatic heterocycles. The fourth-order valence-electron chi connectivity index (χ4n) is 2.37. The van der Waals surface area contributed by atoms with Crippen molar-refractivity contribution in [3.8, 4) is 0 Å². The van der Waals surface area contributed by atoms with Crippen molar-refractivity contribution in [2.75, 3.05) is 14.2 Å². The summed E-state index contributed by atoms with van der Waals surface area (Å²) in [4.78, 5) is 0. The highest BCUT2D eigenvalue weighted by molar-refractivity contribution is 6.75. The molecule has 0 spiro atoms. The van der Waals surface area contributed by atoms with Crippen LogP contribution < -0.4 is 5.19 Å². The van der Waals surface area contributed by atoms with Crippen LogP contribution in [0.25, 0.3) is 0 Å². The Balaban J connectivity index is 2.31. The van der Waals surface area contributed by atoms with Crippen LogP contribution in [0.4, 0.5) is 0 Å². The lowest BCUT2D eigenvalue weighted by Crippen LogP contribution is -2.55. The molecule has 3 nitrogen and oxygen atoms in total. The van der Waals surface area contributed by atoms with Crippen molar-refractivity contribution in [3.63, 3.8) is 0 Å². The summed E-state index contributed by atoms with van der Waals surface area (Å²) < 4.78 is 17.8. The smallest absolute Gasteiger partial charge is 0.373 e. The lowest BCUT2D eigenvalue weighted by atomic mass is 10.1. The molecule has 4 heteroatoms. The molecule has 0 heterocycles. The molecule has 0 aliphatic rings. The maximum absolute atomic E-state index is 6.35. The molecular formula is C17H22O3Si. The Morgan fingerprint density at radius 2 is 1.38 bits per heavy atom. The topological polar surface area (TPSA) is 27.7 Å². The van der Waals surface area contributed by atoms with Crippen LogP contribution in [-0.4, -0.2) is 23.0 Å². The van der Waals surface area contributed by atoms with Crippen LogP contribution in [0.15, 0.2) is 60.7 Å². The number of hydrogen-bond donors (Lipinski definition) is 0. The lowest BCUT2D eigenvalue weighted by molar-refractivity contribution is 0.0654. The predicted molar refractivity (Wildman–Crippen MR) is 86.4 cm³/mol. The molecule has 21 heavy (non-hydrogen) atoms. The van der Waals surface area contributed by atoms with E-state index in [2.05, 4.69) is 19.1 Å². The van der Waals surface area contributed by atoms with E-state index < -0.39 is 8.80 Å². The Labute approximate surface area is 127 Å². The molecule has 0 saturated carbocycles. The van der Waals surface area contributed by atoms with Gasteiger partial charge in [-0.05, 0) is 12.0 Å². The Morgan fingerprint density at radius 3 is 1.86 bits per heavy atom. The second-order valence-corrected chi connectivity index (χ2v) is 7.50. The van der Waals surface area contributed by atoms with E-state index in [-0.39, 0.29) is 6.10 Å². The highest BCUT2D eigenvalue weighted by Crippen LogP contribution is 2.25. The normalized spacial score (nSPS) is 13.1. The van der Waals surface area contributed by atoms with Crippen LogP contribution in [0.2, 0.25) is 0 Å². The second-order valence-electron chi connectivity index (χ2n) is 4.76. The molecule has 0 N–H and O–H groups in total. The molecule has 112 valence electrons. The summed E-state index contributed by atoms with van der Waals surface area (Å²) in [6.07, 6.45) is 0.816. The number of rotatable bonds is 7. The van der Waals surface area contributed by atoms with Crippen LogP contribution in [-0.2, 0) is 13.3 Å². The van der Waals surface area contributed by atoms with Crippen molar-refractivity contribution in [3.05, 3.63) is 66.2 Å². The van der Waals surface area contributed by atoms with Gasteiger partial charge in [0.25, 0.3) is 0 Å². The SMILES string of the molecule is CCC(O[Si](OC)(OC)c1ccccc1)c1ccccc1. The van der Waals surface area contributed by atoms with Gasteiger partial charge in [0.15, 0.2) is 0 Å². The third-order valence-electron chi connectivity index (χ3n) is 3.50. The monoisotopic (exact) mass is 302 g/mol. The molecule has 0 aromatic heterocycles. The molecule has 0 amide bonds. The van der Waals surface area contributed by atoms with Crippen LogP contribution in [0, 0.1) is 0 Å². The average molecular weight is 302 g/mol. The zero-order valence-electron chi connectivity index (χ0n) is 12.8. The molecule has 0 radical (unpaired) electrons.